The van der Waals surface area contributed by atoms with E-state index in [1.165, 1.54) is 0 Å². The minimum Gasteiger partial charge on any atom is -0.445 e. The highest BCUT2D eigenvalue weighted by Crippen LogP contribution is 2.36. The van der Waals surface area contributed by atoms with Crippen molar-refractivity contribution in [3.63, 3.8) is 0 Å². The molecule has 2 rings (SSSR count). The number of benzene rings is 1. The normalized spacial score (nSPS) is 21.3. The molecular weight excluding hydrogens is 230 g/mol. The van der Waals surface area contributed by atoms with Crippen molar-refractivity contribution in [3.8, 4) is 0 Å². The summed E-state index contributed by atoms with van der Waals surface area (Å²) >= 11 is 0. The number of hydrogen-bond acceptors (Lipinski definition) is 3. The summed E-state index contributed by atoms with van der Waals surface area (Å²) in [6, 6.07) is 9.43. The lowest BCUT2D eigenvalue weighted by Gasteiger charge is -2.52. The smallest absolute Gasteiger partial charge is 0.410 e. The maximum atomic E-state index is 11.8. The first kappa shape index (κ1) is 12.9. The highest BCUT2D eigenvalue weighted by atomic mass is 16.6. The molecule has 1 saturated heterocycles. The number of carbonyl (C=O) groups excluding carboxylic acids is 1. The Labute approximate surface area is 107 Å². The minimum atomic E-state index is -0.350. The lowest BCUT2D eigenvalue weighted by atomic mass is 9.76. The zero-order valence-electron chi connectivity index (χ0n) is 10.8. The van der Waals surface area contributed by atoms with Gasteiger partial charge in [-0.1, -0.05) is 44.2 Å². The molecule has 1 aliphatic rings. The Balaban J connectivity index is 1.86. The summed E-state index contributed by atoms with van der Waals surface area (Å²) in [5.74, 6) is 0. The number of amides is 1. The summed E-state index contributed by atoms with van der Waals surface area (Å²) in [5.41, 5.74) is 0.937. The Morgan fingerprint density at radius 1 is 1.44 bits per heavy atom. The molecule has 0 aliphatic carbocycles. The van der Waals surface area contributed by atoms with Crippen molar-refractivity contribution in [1.29, 1.82) is 0 Å². The lowest BCUT2D eigenvalue weighted by Crippen LogP contribution is -2.65. The molecule has 1 aliphatic heterocycles. The summed E-state index contributed by atoms with van der Waals surface area (Å²) in [6.45, 7) is 4.96. The van der Waals surface area contributed by atoms with Crippen LogP contribution in [0, 0.1) is 5.41 Å². The van der Waals surface area contributed by atoms with Gasteiger partial charge in [-0.25, -0.2) is 4.79 Å². The molecule has 1 fully saturated rings. The van der Waals surface area contributed by atoms with Gasteiger partial charge in [0.15, 0.2) is 0 Å². The van der Waals surface area contributed by atoms with E-state index in [-0.39, 0.29) is 30.8 Å². The van der Waals surface area contributed by atoms with Crippen LogP contribution >= 0.6 is 0 Å². The minimum absolute atomic E-state index is 0.0204. The van der Waals surface area contributed by atoms with Crippen LogP contribution in [0.2, 0.25) is 0 Å². The third-order valence-corrected chi connectivity index (χ3v) is 3.47. The van der Waals surface area contributed by atoms with Crippen LogP contribution in [0.15, 0.2) is 30.3 Å². The molecular formula is C14H19NO3. The molecule has 1 unspecified atom stereocenters. The Hall–Kier alpha value is -1.55. The first-order valence-electron chi connectivity index (χ1n) is 6.13. The first-order chi connectivity index (χ1) is 8.54. The first-order valence-corrected chi connectivity index (χ1v) is 6.13. The van der Waals surface area contributed by atoms with Crippen molar-refractivity contribution in [2.45, 2.75) is 26.5 Å². The topological polar surface area (TPSA) is 49.8 Å². The van der Waals surface area contributed by atoms with E-state index in [2.05, 4.69) is 0 Å². The third kappa shape index (κ3) is 2.48. The van der Waals surface area contributed by atoms with Crippen LogP contribution in [0.5, 0.6) is 0 Å². The predicted octanol–water partition coefficient (Wildman–Crippen LogP) is 2.03. The number of hydrogen-bond donors (Lipinski definition) is 1. The number of carbonyl (C=O) groups is 1. The second kappa shape index (κ2) is 4.98. The van der Waals surface area contributed by atoms with Crippen molar-refractivity contribution in [3.05, 3.63) is 35.9 Å². The Morgan fingerprint density at radius 2 is 2.11 bits per heavy atom. The molecule has 98 valence electrons. The van der Waals surface area contributed by atoms with E-state index in [9.17, 15) is 9.90 Å². The number of aliphatic hydroxyl groups excluding tert-OH is 1. The van der Waals surface area contributed by atoms with Crippen molar-refractivity contribution in [2.24, 2.45) is 5.41 Å². The SMILES string of the molecule is CC1(C)CN(C(=O)OCc2ccccc2)C1CO. The van der Waals surface area contributed by atoms with Gasteiger partial charge in [0.2, 0.25) is 0 Å². The molecule has 4 heteroatoms. The molecule has 0 radical (unpaired) electrons. The van der Waals surface area contributed by atoms with Gasteiger partial charge in [-0.05, 0) is 5.56 Å². The van der Waals surface area contributed by atoms with E-state index in [1.54, 1.807) is 4.90 Å². The molecule has 1 amide bonds. The summed E-state index contributed by atoms with van der Waals surface area (Å²) in [6.07, 6.45) is -0.350. The number of nitrogens with zero attached hydrogens (tertiary/aromatic N) is 1. The van der Waals surface area contributed by atoms with E-state index in [0.29, 0.717) is 6.54 Å². The van der Waals surface area contributed by atoms with Gasteiger partial charge in [0.1, 0.15) is 6.61 Å². The van der Waals surface area contributed by atoms with Crippen molar-refractivity contribution < 1.29 is 14.6 Å². The van der Waals surface area contributed by atoms with Gasteiger partial charge >= 0.3 is 6.09 Å². The number of aliphatic hydroxyl groups is 1. The van der Waals surface area contributed by atoms with Crippen LogP contribution in [0.4, 0.5) is 4.79 Å². The summed E-state index contributed by atoms with van der Waals surface area (Å²) in [5, 5.41) is 9.28. The average Bonchev–Trinajstić information content (AvgIpc) is 2.35. The number of ether oxygens (including phenoxy) is 1. The molecule has 0 aromatic heterocycles. The van der Waals surface area contributed by atoms with Gasteiger partial charge in [-0.2, -0.15) is 0 Å². The zero-order chi connectivity index (χ0) is 13.2. The molecule has 1 N–H and O–H groups in total. The molecule has 1 aromatic rings. The fraction of sp³-hybridized carbons (Fsp3) is 0.500. The Bertz CT molecular complexity index is 416. The van der Waals surface area contributed by atoms with Crippen LogP contribution < -0.4 is 0 Å². The standard InChI is InChI=1S/C14H19NO3/c1-14(2)10-15(12(14)8-16)13(17)18-9-11-6-4-3-5-7-11/h3-7,12,16H,8-10H2,1-2H3. The molecule has 1 aromatic carbocycles. The van der Waals surface area contributed by atoms with Gasteiger partial charge in [0.25, 0.3) is 0 Å². The zero-order valence-corrected chi connectivity index (χ0v) is 10.8. The third-order valence-electron chi connectivity index (χ3n) is 3.47. The summed E-state index contributed by atoms with van der Waals surface area (Å²) in [7, 11) is 0. The maximum Gasteiger partial charge on any atom is 0.410 e. The lowest BCUT2D eigenvalue weighted by molar-refractivity contribution is -0.0668. The number of likely N-dealkylation sites (tertiary alicyclic amines) is 1. The Kier molecular flexibility index (Phi) is 3.57. The van der Waals surface area contributed by atoms with E-state index in [1.807, 2.05) is 44.2 Å². The molecule has 1 heterocycles. The number of rotatable bonds is 3. The maximum absolute atomic E-state index is 11.8. The van der Waals surface area contributed by atoms with Crippen LogP contribution in [0.25, 0.3) is 0 Å². The van der Waals surface area contributed by atoms with E-state index in [4.69, 9.17) is 4.74 Å². The van der Waals surface area contributed by atoms with Crippen LogP contribution in [-0.4, -0.2) is 35.3 Å². The second-order valence-corrected chi connectivity index (χ2v) is 5.36. The van der Waals surface area contributed by atoms with E-state index < -0.39 is 0 Å². The molecule has 4 nitrogen and oxygen atoms in total. The van der Waals surface area contributed by atoms with Gasteiger partial charge in [-0.3, -0.25) is 0 Å². The molecule has 0 saturated carbocycles. The van der Waals surface area contributed by atoms with Gasteiger partial charge < -0.3 is 14.7 Å². The predicted molar refractivity (Wildman–Crippen MR) is 68.0 cm³/mol. The molecule has 18 heavy (non-hydrogen) atoms. The second-order valence-electron chi connectivity index (χ2n) is 5.36. The van der Waals surface area contributed by atoms with Gasteiger partial charge in [-0.15, -0.1) is 0 Å². The van der Waals surface area contributed by atoms with Crippen LogP contribution in [0.1, 0.15) is 19.4 Å². The van der Waals surface area contributed by atoms with E-state index >= 15 is 0 Å². The van der Waals surface area contributed by atoms with Crippen molar-refractivity contribution in [1.82, 2.24) is 4.90 Å². The molecule has 1 atom stereocenters. The fourth-order valence-electron chi connectivity index (χ4n) is 2.30. The monoisotopic (exact) mass is 249 g/mol. The largest absolute Gasteiger partial charge is 0.445 e. The summed E-state index contributed by atoms with van der Waals surface area (Å²) in [4.78, 5) is 13.4. The van der Waals surface area contributed by atoms with Crippen LogP contribution in [-0.2, 0) is 11.3 Å². The highest BCUT2D eigenvalue weighted by molar-refractivity contribution is 5.69. The van der Waals surface area contributed by atoms with Crippen molar-refractivity contribution in [2.75, 3.05) is 13.2 Å². The summed E-state index contributed by atoms with van der Waals surface area (Å²) < 4.78 is 5.23. The van der Waals surface area contributed by atoms with Gasteiger partial charge in [0, 0.05) is 12.0 Å². The average molecular weight is 249 g/mol. The van der Waals surface area contributed by atoms with Gasteiger partial charge in [0.05, 0.1) is 12.6 Å². The molecule has 0 bridgehead atoms. The quantitative estimate of drug-likeness (QED) is 0.891. The fourth-order valence-corrected chi connectivity index (χ4v) is 2.30. The molecule has 0 spiro atoms. The highest BCUT2D eigenvalue weighted by Gasteiger charge is 2.48. The Morgan fingerprint density at radius 3 is 2.67 bits per heavy atom. The van der Waals surface area contributed by atoms with Crippen molar-refractivity contribution >= 4 is 6.09 Å². The van der Waals surface area contributed by atoms with E-state index in [0.717, 1.165) is 5.56 Å². The van der Waals surface area contributed by atoms with Crippen LogP contribution in [0.3, 0.4) is 0 Å².